The standard InChI is InChI=1S/C13H15BrClN3/c1-2-16-6-10-7-17-18(8-10)9-11-3-4-12(14)5-13(11)15/h3-5,7-8,16H,2,6,9H2,1H3. The molecule has 0 saturated carbocycles. The Kier molecular flexibility index (Phi) is 4.80. The van der Waals surface area contributed by atoms with Crippen LogP contribution in [0.15, 0.2) is 35.1 Å². The summed E-state index contributed by atoms with van der Waals surface area (Å²) in [5.41, 5.74) is 2.25. The molecular formula is C13H15BrClN3. The van der Waals surface area contributed by atoms with Crippen LogP contribution in [-0.2, 0) is 13.1 Å². The third-order valence-corrected chi connectivity index (χ3v) is 3.46. The maximum absolute atomic E-state index is 6.19. The van der Waals surface area contributed by atoms with Gasteiger partial charge in [-0.25, -0.2) is 0 Å². The van der Waals surface area contributed by atoms with Crippen LogP contribution in [-0.4, -0.2) is 16.3 Å². The molecule has 0 aliphatic carbocycles. The van der Waals surface area contributed by atoms with E-state index in [0.717, 1.165) is 28.1 Å². The quantitative estimate of drug-likeness (QED) is 0.911. The van der Waals surface area contributed by atoms with Gasteiger partial charge in [0.05, 0.1) is 12.7 Å². The fraction of sp³-hybridized carbons (Fsp3) is 0.308. The molecule has 18 heavy (non-hydrogen) atoms. The Morgan fingerprint density at radius 2 is 2.28 bits per heavy atom. The Hall–Kier alpha value is -0.840. The van der Waals surface area contributed by atoms with E-state index < -0.39 is 0 Å². The van der Waals surface area contributed by atoms with Gasteiger partial charge in [-0.05, 0) is 24.2 Å². The lowest BCUT2D eigenvalue weighted by Crippen LogP contribution is -2.11. The van der Waals surface area contributed by atoms with Gasteiger partial charge in [-0.2, -0.15) is 5.10 Å². The zero-order valence-corrected chi connectivity index (χ0v) is 12.5. The molecule has 0 amide bonds. The number of aromatic nitrogens is 2. The number of hydrogen-bond acceptors (Lipinski definition) is 2. The van der Waals surface area contributed by atoms with E-state index in [1.165, 1.54) is 5.56 Å². The molecule has 0 radical (unpaired) electrons. The summed E-state index contributed by atoms with van der Waals surface area (Å²) >= 11 is 9.59. The molecule has 2 rings (SSSR count). The molecule has 0 aliphatic heterocycles. The summed E-state index contributed by atoms with van der Waals surface area (Å²) in [5.74, 6) is 0. The van der Waals surface area contributed by atoms with Crippen molar-refractivity contribution in [2.24, 2.45) is 0 Å². The van der Waals surface area contributed by atoms with Crippen LogP contribution in [0.5, 0.6) is 0 Å². The van der Waals surface area contributed by atoms with Crippen molar-refractivity contribution in [1.82, 2.24) is 15.1 Å². The van der Waals surface area contributed by atoms with E-state index in [-0.39, 0.29) is 0 Å². The number of halogens is 2. The minimum absolute atomic E-state index is 0.693. The molecule has 1 N–H and O–H groups in total. The maximum atomic E-state index is 6.19. The first kappa shape index (κ1) is 13.6. The minimum Gasteiger partial charge on any atom is -0.313 e. The molecule has 1 aromatic heterocycles. The Morgan fingerprint density at radius 1 is 1.44 bits per heavy atom. The first-order valence-corrected chi connectivity index (χ1v) is 7.02. The summed E-state index contributed by atoms with van der Waals surface area (Å²) in [6, 6.07) is 5.91. The summed E-state index contributed by atoms with van der Waals surface area (Å²) < 4.78 is 2.89. The molecular weight excluding hydrogens is 314 g/mol. The van der Waals surface area contributed by atoms with Crippen LogP contribution in [0.2, 0.25) is 5.02 Å². The molecule has 2 aromatic rings. The van der Waals surface area contributed by atoms with Gasteiger partial charge >= 0.3 is 0 Å². The molecule has 0 spiro atoms. The molecule has 1 aromatic carbocycles. The first-order valence-electron chi connectivity index (χ1n) is 5.85. The molecule has 0 fully saturated rings. The fourth-order valence-electron chi connectivity index (χ4n) is 1.68. The van der Waals surface area contributed by atoms with Crippen LogP contribution in [0.3, 0.4) is 0 Å². The van der Waals surface area contributed by atoms with E-state index in [9.17, 15) is 0 Å². The van der Waals surface area contributed by atoms with E-state index in [1.54, 1.807) is 0 Å². The molecule has 0 unspecified atom stereocenters. The molecule has 0 atom stereocenters. The SMILES string of the molecule is CCNCc1cnn(Cc2ccc(Br)cc2Cl)c1. The highest BCUT2D eigenvalue weighted by molar-refractivity contribution is 9.10. The Bertz CT molecular complexity index is 525. The molecule has 3 nitrogen and oxygen atoms in total. The van der Waals surface area contributed by atoms with Crippen LogP contribution in [0.25, 0.3) is 0 Å². The zero-order chi connectivity index (χ0) is 13.0. The lowest BCUT2D eigenvalue weighted by Gasteiger charge is -2.05. The number of benzene rings is 1. The molecule has 0 aliphatic rings. The number of hydrogen-bond donors (Lipinski definition) is 1. The fourth-order valence-corrected chi connectivity index (χ4v) is 2.41. The predicted molar refractivity (Wildman–Crippen MR) is 77.9 cm³/mol. The van der Waals surface area contributed by atoms with Gasteiger partial charge in [0, 0.05) is 27.8 Å². The summed E-state index contributed by atoms with van der Waals surface area (Å²) in [5, 5.41) is 8.37. The zero-order valence-electron chi connectivity index (χ0n) is 10.2. The van der Waals surface area contributed by atoms with Gasteiger partial charge in [0.1, 0.15) is 0 Å². The van der Waals surface area contributed by atoms with E-state index in [0.29, 0.717) is 6.54 Å². The van der Waals surface area contributed by atoms with Crippen molar-refractivity contribution in [1.29, 1.82) is 0 Å². The van der Waals surface area contributed by atoms with Gasteiger partial charge < -0.3 is 5.32 Å². The second-order valence-electron chi connectivity index (χ2n) is 4.06. The summed E-state index contributed by atoms with van der Waals surface area (Å²) in [6.07, 6.45) is 3.93. The minimum atomic E-state index is 0.693. The lowest BCUT2D eigenvalue weighted by atomic mass is 10.2. The van der Waals surface area contributed by atoms with Crippen molar-refractivity contribution in [2.75, 3.05) is 6.54 Å². The van der Waals surface area contributed by atoms with Crippen molar-refractivity contribution < 1.29 is 0 Å². The molecule has 0 bridgehead atoms. The van der Waals surface area contributed by atoms with Crippen molar-refractivity contribution in [2.45, 2.75) is 20.0 Å². The lowest BCUT2D eigenvalue weighted by molar-refractivity contribution is 0.683. The summed E-state index contributed by atoms with van der Waals surface area (Å²) in [7, 11) is 0. The Labute approximate surface area is 120 Å². The monoisotopic (exact) mass is 327 g/mol. The van der Waals surface area contributed by atoms with Gasteiger partial charge in [0.15, 0.2) is 0 Å². The highest BCUT2D eigenvalue weighted by atomic mass is 79.9. The van der Waals surface area contributed by atoms with E-state index >= 15 is 0 Å². The molecule has 1 heterocycles. The second-order valence-corrected chi connectivity index (χ2v) is 5.39. The van der Waals surface area contributed by atoms with E-state index in [4.69, 9.17) is 11.6 Å². The van der Waals surface area contributed by atoms with Crippen LogP contribution in [0.4, 0.5) is 0 Å². The average molecular weight is 329 g/mol. The third kappa shape index (κ3) is 3.57. The highest BCUT2D eigenvalue weighted by Crippen LogP contribution is 2.22. The van der Waals surface area contributed by atoms with Crippen molar-refractivity contribution in [3.8, 4) is 0 Å². The molecule has 5 heteroatoms. The van der Waals surface area contributed by atoms with Crippen LogP contribution in [0.1, 0.15) is 18.1 Å². The smallest absolute Gasteiger partial charge is 0.0674 e. The second kappa shape index (κ2) is 6.36. The Balaban J connectivity index is 2.06. The maximum Gasteiger partial charge on any atom is 0.0674 e. The first-order chi connectivity index (χ1) is 8.69. The topological polar surface area (TPSA) is 29.9 Å². The van der Waals surface area contributed by atoms with Crippen LogP contribution in [0, 0.1) is 0 Å². The predicted octanol–water partition coefficient (Wildman–Crippen LogP) is 3.46. The molecule has 0 saturated heterocycles. The van der Waals surface area contributed by atoms with Gasteiger partial charge in [-0.15, -0.1) is 0 Å². The van der Waals surface area contributed by atoms with Gasteiger partial charge in [-0.1, -0.05) is 40.5 Å². The normalized spacial score (nSPS) is 10.8. The molecule has 96 valence electrons. The number of nitrogens with one attached hydrogen (secondary N) is 1. The largest absolute Gasteiger partial charge is 0.313 e. The summed E-state index contributed by atoms with van der Waals surface area (Å²) in [4.78, 5) is 0. The van der Waals surface area contributed by atoms with Crippen molar-refractivity contribution in [3.63, 3.8) is 0 Å². The summed E-state index contributed by atoms with van der Waals surface area (Å²) in [6.45, 7) is 4.60. The van der Waals surface area contributed by atoms with Gasteiger partial charge in [0.25, 0.3) is 0 Å². The van der Waals surface area contributed by atoms with Crippen molar-refractivity contribution in [3.05, 3.63) is 51.2 Å². The third-order valence-electron chi connectivity index (χ3n) is 2.61. The van der Waals surface area contributed by atoms with E-state index in [1.807, 2.05) is 35.3 Å². The Morgan fingerprint density at radius 3 is 3.00 bits per heavy atom. The van der Waals surface area contributed by atoms with Crippen LogP contribution >= 0.6 is 27.5 Å². The van der Waals surface area contributed by atoms with Gasteiger partial charge in [-0.3, -0.25) is 4.68 Å². The van der Waals surface area contributed by atoms with E-state index in [2.05, 4.69) is 33.3 Å². The number of rotatable bonds is 5. The van der Waals surface area contributed by atoms with Crippen LogP contribution < -0.4 is 5.32 Å². The van der Waals surface area contributed by atoms with Crippen molar-refractivity contribution >= 4 is 27.5 Å². The van der Waals surface area contributed by atoms with Gasteiger partial charge in [0.2, 0.25) is 0 Å². The highest BCUT2D eigenvalue weighted by Gasteiger charge is 2.04. The average Bonchev–Trinajstić information content (AvgIpc) is 2.78. The number of nitrogens with zero attached hydrogens (tertiary/aromatic N) is 2.